The standard InChI is InChI=1S/C15H17N3.ClH/c16-14-4-1-5-15-13(14)3-2-10-18(15)11-12-6-8-17-9-7-12;/h1,4-9H,2-3,10-11,16H2;1H. The lowest BCUT2D eigenvalue weighted by atomic mass is 9.99. The van der Waals surface area contributed by atoms with Crippen molar-refractivity contribution in [3.05, 3.63) is 53.9 Å². The molecule has 1 aromatic carbocycles. The number of pyridine rings is 1. The number of anilines is 2. The Morgan fingerprint density at radius 1 is 1.16 bits per heavy atom. The van der Waals surface area contributed by atoms with Crippen molar-refractivity contribution in [3.8, 4) is 0 Å². The fourth-order valence-electron chi connectivity index (χ4n) is 2.60. The van der Waals surface area contributed by atoms with Gasteiger partial charge in [-0.2, -0.15) is 0 Å². The van der Waals surface area contributed by atoms with Crippen LogP contribution in [0.25, 0.3) is 0 Å². The Balaban J connectivity index is 0.00000133. The van der Waals surface area contributed by atoms with Crippen LogP contribution in [0.1, 0.15) is 17.5 Å². The van der Waals surface area contributed by atoms with Gasteiger partial charge >= 0.3 is 0 Å². The fourth-order valence-corrected chi connectivity index (χ4v) is 2.60. The highest BCUT2D eigenvalue weighted by molar-refractivity contribution is 5.85. The minimum Gasteiger partial charge on any atom is -0.398 e. The van der Waals surface area contributed by atoms with E-state index in [4.69, 9.17) is 5.73 Å². The number of aromatic nitrogens is 1. The predicted molar refractivity (Wildman–Crippen MR) is 81.7 cm³/mol. The Morgan fingerprint density at radius 3 is 2.74 bits per heavy atom. The van der Waals surface area contributed by atoms with Crippen LogP contribution in [0.3, 0.4) is 0 Å². The van der Waals surface area contributed by atoms with Gasteiger partial charge in [-0.1, -0.05) is 6.07 Å². The molecule has 0 amide bonds. The van der Waals surface area contributed by atoms with Crippen LogP contribution >= 0.6 is 12.4 Å². The smallest absolute Gasteiger partial charge is 0.0430 e. The van der Waals surface area contributed by atoms with Gasteiger partial charge in [0.25, 0.3) is 0 Å². The lowest BCUT2D eigenvalue weighted by molar-refractivity contribution is 0.692. The molecule has 0 saturated heterocycles. The first kappa shape index (κ1) is 13.7. The van der Waals surface area contributed by atoms with Crippen LogP contribution in [0.15, 0.2) is 42.7 Å². The van der Waals surface area contributed by atoms with Crippen LogP contribution in [0, 0.1) is 0 Å². The summed E-state index contributed by atoms with van der Waals surface area (Å²) < 4.78 is 0. The minimum absolute atomic E-state index is 0. The molecule has 0 atom stereocenters. The van der Waals surface area contributed by atoms with Crippen molar-refractivity contribution in [2.24, 2.45) is 0 Å². The fraction of sp³-hybridized carbons (Fsp3) is 0.267. The summed E-state index contributed by atoms with van der Waals surface area (Å²) in [5.74, 6) is 0. The van der Waals surface area contributed by atoms with Crippen molar-refractivity contribution in [1.29, 1.82) is 0 Å². The Bertz CT molecular complexity index is 542. The highest BCUT2D eigenvalue weighted by Crippen LogP contribution is 2.32. The molecule has 2 heterocycles. The summed E-state index contributed by atoms with van der Waals surface area (Å²) in [4.78, 5) is 6.47. The third kappa shape index (κ3) is 2.82. The van der Waals surface area contributed by atoms with Crippen molar-refractivity contribution in [2.75, 3.05) is 17.2 Å². The zero-order chi connectivity index (χ0) is 12.4. The van der Waals surface area contributed by atoms with Crippen LogP contribution in [0.4, 0.5) is 11.4 Å². The van der Waals surface area contributed by atoms with Crippen molar-refractivity contribution in [2.45, 2.75) is 19.4 Å². The van der Waals surface area contributed by atoms with E-state index in [0.717, 1.165) is 25.2 Å². The number of hydrogen-bond donors (Lipinski definition) is 1. The van der Waals surface area contributed by atoms with E-state index in [-0.39, 0.29) is 12.4 Å². The predicted octanol–water partition coefficient (Wildman–Crippen LogP) is 3.04. The molecule has 1 aromatic heterocycles. The molecule has 3 nitrogen and oxygen atoms in total. The van der Waals surface area contributed by atoms with Crippen LogP contribution in [0.2, 0.25) is 0 Å². The number of halogens is 1. The first-order chi connectivity index (χ1) is 8.84. The second-order valence-corrected chi connectivity index (χ2v) is 4.73. The molecule has 4 heteroatoms. The van der Waals surface area contributed by atoms with E-state index in [9.17, 15) is 0 Å². The first-order valence-corrected chi connectivity index (χ1v) is 6.36. The van der Waals surface area contributed by atoms with E-state index in [1.54, 1.807) is 0 Å². The van der Waals surface area contributed by atoms with Crippen molar-refractivity contribution < 1.29 is 0 Å². The average molecular weight is 276 g/mol. The molecule has 1 aliphatic heterocycles. The zero-order valence-corrected chi connectivity index (χ0v) is 11.6. The second-order valence-electron chi connectivity index (χ2n) is 4.73. The van der Waals surface area contributed by atoms with Crippen LogP contribution in [0.5, 0.6) is 0 Å². The number of nitrogen functional groups attached to an aromatic ring is 1. The molecular formula is C15H18ClN3. The van der Waals surface area contributed by atoms with Gasteiger partial charge in [0, 0.05) is 36.9 Å². The van der Waals surface area contributed by atoms with Crippen LogP contribution in [-0.4, -0.2) is 11.5 Å². The lowest BCUT2D eigenvalue weighted by Crippen LogP contribution is -2.29. The number of benzene rings is 1. The molecule has 0 fully saturated rings. The van der Waals surface area contributed by atoms with E-state index in [2.05, 4.69) is 28.1 Å². The summed E-state index contributed by atoms with van der Waals surface area (Å²) in [6.07, 6.45) is 5.96. The number of fused-ring (bicyclic) bond motifs is 1. The summed E-state index contributed by atoms with van der Waals surface area (Å²) in [7, 11) is 0. The van der Waals surface area contributed by atoms with E-state index in [0.29, 0.717) is 0 Å². The van der Waals surface area contributed by atoms with E-state index in [1.165, 1.54) is 23.2 Å². The molecule has 0 bridgehead atoms. The normalized spacial score (nSPS) is 13.6. The van der Waals surface area contributed by atoms with Gasteiger partial charge in [0.05, 0.1) is 0 Å². The van der Waals surface area contributed by atoms with E-state index >= 15 is 0 Å². The summed E-state index contributed by atoms with van der Waals surface area (Å²) in [5, 5.41) is 0. The molecule has 3 rings (SSSR count). The highest BCUT2D eigenvalue weighted by atomic mass is 35.5. The molecule has 0 unspecified atom stereocenters. The van der Waals surface area contributed by atoms with E-state index in [1.807, 2.05) is 24.5 Å². The summed E-state index contributed by atoms with van der Waals surface area (Å²) in [6.45, 7) is 2.03. The topological polar surface area (TPSA) is 42.1 Å². The van der Waals surface area contributed by atoms with Crippen LogP contribution < -0.4 is 10.6 Å². The Morgan fingerprint density at radius 2 is 1.95 bits per heavy atom. The molecule has 100 valence electrons. The zero-order valence-electron chi connectivity index (χ0n) is 10.7. The monoisotopic (exact) mass is 275 g/mol. The van der Waals surface area contributed by atoms with Gasteiger partial charge in [-0.25, -0.2) is 0 Å². The van der Waals surface area contributed by atoms with Gasteiger partial charge in [0.15, 0.2) is 0 Å². The molecule has 0 saturated carbocycles. The summed E-state index contributed by atoms with van der Waals surface area (Å²) >= 11 is 0. The third-order valence-electron chi connectivity index (χ3n) is 3.51. The molecule has 2 aromatic rings. The Hall–Kier alpha value is -1.74. The van der Waals surface area contributed by atoms with Gasteiger partial charge < -0.3 is 10.6 Å². The molecule has 0 aliphatic carbocycles. The maximum absolute atomic E-state index is 6.06. The highest BCUT2D eigenvalue weighted by Gasteiger charge is 2.18. The Labute approximate surface area is 119 Å². The largest absolute Gasteiger partial charge is 0.398 e. The molecule has 0 radical (unpaired) electrons. The van der Waals surface area contributed by atoms with Crippen molar-refractivity contribution in [1.82, 2.24) is 4.98 Å². The molecule has 1 aliphatic rings. The average Bonchev–Trinajstić information content (AvgIpc) is 2.41. The minimum atomic E-state index is 0. The lowest BCUT2D eigenvalue weighted by Gasteiger charge is -2.32. The van der Waals surface area contributed by atoms with Gasteiger partial charge in [-0.3, -0.25) is 4.98 Å². The summed E-state index contributed by atoms with van der Waals surface area (Å²) in [6, 6.07) is 10.3. The second kappa shape index (κ2) is 5.93. The number of nitrogens with two attached hydrogens (primary N) is 1. The molecular weight excluding hydrogens is 258 g/mol. The SMILES string of the molecule is Cl.Nc1cccc2c1CCCN2Cc1ccncc1. The van der Waals surface area contributed by atoms with Crippen molar-refractivity contribution >= 4 is 23.8 Å². The first-order valence-electron chi connectivity index (χ1n) is 6.36. The van der Waals surface area contributed by atoms with Gasteiger partial charge in [-0.05, 0) is 48.2 Å². The Kier molecular flexibility index (Phi) is 4.27. The molecule has 2 N–H and O–H groups in total. The van der Waals surface area contributed by atoms with Gasteiger partial charge in [-0.15, -0.1) is 12.4 Å². The molecule has 19 heavy (non-hydrogen) atoms. The van der Waals surface area contributed by atoms with E-state index < -0.39 is 0 Å². The van der Waals surface area contributed by atoms with Gasteiger partial charge in [0.1, 0.15) is 0 Å². The van der Waals surface area contributed by atoms with Crippen molar-refractivity contribution in [3.63, 3.8) is 0 Å². The van der Waals surface area contributed by atoms with Gasteiger partial charge in [0.2, 0.25) is 0 Å². The molecule has 0 spiro atoms. The summed E-state index contributed by atoms with van der Waals surface area (Å²) in [5.41, 5.74) is 10.9. The van der Waals surface area contributed by atoms with Crippen LogP contribution in [-0.2, 0) is 13.0 Å². The third-order valence-corrected chi connectivity index (χ3v) is 3.51. The number of nitrogens with zero attached hydrogens (tertiary/aromatic N) is 2. The quantitative estimate of drug-likeness (QED) is 0.857. The number of rotatable bonds is 2. The maximum atomic E-state index is 6.06. The number of hydrogen-bond acceptors (Lipinski definition) is 3. The maximum Gasteiger partial charge on any atom is 0.0430 e.